The molecule has 1 fully saturated rings. The number of carbonyl (C=O) groups excluding carboxylic acids is 1. The molecule has 124 valence electrons. The molecule has 21 heavy (non-hydrogen) atoms. The van der Waals surface area contributed by atoms with Crippen LogP contribution in [0.5, 0.6) is 0 Å². The van der Waals surface area contributed by atoms with Crippen LogP contribution in [-0.2, 0) is 4.74 Å². The van der Waals surface area contributed by atoms with Crippen LogP contribution in [-0.4, -0.2) is 54.0 Å². The van der Waals surface area contributed by atoms with Crippen LogP contribution in [0.15, 0.2) is 0 Å². The van der Waals surface area contributed by atoms with Gasteiger partial charge in [-0.3, -0.25) is 0 Å². The van der Waals surface area contributed by atoms with E-state index in [0.29, 0.717) is 12.6 Å². The molecule has 0 spiro atoms. The van der Waals surface area contributed by atoms with Crippen LogP contribution in [0.4, 0.5) is 4.79 Å². The second kappa shape index (κ2) is 7.45. The summed E-state index contributed by atoms with van der Waals surface area (Å²) in [6.45, 7) is 12.7. The molecule has 0 aliphatic carbocycles. The number of amides is 1. The Labute approximate surface area is 129 Å². The van der Waals surface area contributed by atoms with Gasteiger partial charge in [-0.1, -0.05) is 13.8 Å². The van der Waals surface area contributed by atoms with Crippen LogP contribution in [0.25, 0.3) is 0 Å². The number of aliphatic hydroxyl groups is 1. The molecule has 0 aromatic carbocycles. The van der Waals surface area contributed by atoms with E-state index in [4.69, 9.17) is 9.84 Å². The van der Waals surface area contributed by atoms with Gasteiger partial charge in [-0.15, -0.1) is 0 Å². The van der Waals surface area contributed by atoms with Gasteiger partial charge in [-0.2, -0.15) is 0 Å². The Bertz CT molecular complexity index is 337. The third-order valence-corrected chi connectivity index (χ3v) is 3.72. The summed E-state index contributed by atoms with van der Waals surface area (Å²) >= 11 is 0. The number of carbonyl (C=O) groups is 1. The van der Waals surface area contributed by atoms with Crippen LogP contribution in [0.3, 0.4) is 0 Å². The van der Waals surface area contributed by atoms with E-state index in [1.54, 1.807) is 4.90 Å². The Balaban J connectivity index is 2.33. The third-order valence-electron chi connectivity index (χ3n) is 3.72. The Morgan fingerprint density at radius 2 is 2.00 bits per heavy atom. The maximum absolute atomic E-state index is 12.0. The lowest BCUT2D eigenvalue weighted by atomic mass is 9.87. The Kier molecular flexibility index (Phi) is 6.47. The summed E-state index contributed by atoms with van der Waals surface area (Å²) < 4.78 is 5.40. The average Bonchev–Trinajstić information content (AvgIpc) is 2.81. The van der Waals surface area contributed by atoms with Crippen molar-refractivity contribution in [2.75, 3.05) is 26.2 Å². The van der Waals surface area contributed by atoms with Gasteiger partial charge in [0.05, 0.1) is 0 Å². The van der Waals surface area contributed by atoms with E-state index in [2.05, 4.69) is 19.2 Å². The van der Waals surface area contributed by atoms with Gasteiger partial charge in [0.1, 0.15) is 5.60 Å². The first kappa shape index (κ1) is 18.2. The first-order chi connectivity index (χ1) is 9.63. The zero-order chi connectivity index (χ0) is 16.1. The second-order valence-corrected chi connectivity index (χ2v) is 7.78. The summed E-state index contributed by atoms with van der Waals surface area (Å²) in [7, 11) is 0. The van der Waals surface area contributed by atoms with Crippen molar-refractivity contribution in [3.63, 3.8) is 0 Å². The molecule has 1 aliphatic rings. The summed E-state index contributed by atoms with van der Waals surface area (Å²) in [6.07, 6.45) is 2.59. The monoisotopic (exact) mass is 300 g/mol. The van der Waals surface area contributed by atoms with Crippen LogP contribution in [0.1, 0.15) is 53.9 Å². The van der Waals surface area contributed by atoms with Crippen LogP contribution in [0, 0.1) is 5.41 Å². The minimum Gasteiger partial charge on any atom is -0.444 e. The van der Waals surface area contributed by atoms with Gasteiger partial charge >= 0.3 is 6.09 Å². The third kappa shape index (κ3) is 7.14. The molecule has 0 bridgehead atoms. The molecule has 1 rings (SSSR count). The predicted octanol–water partition coefficient (Wildman–Crippen LogP) is 2.38. The molecule has 0 saturated carbocycles. The quantitative estimate of drug-likeness (QED) is 0.790. The fourth-order valence-electron chi connectivity index (χ4n) is 2.49. The second-order valence-electron chi connectivity index (χ2n) is 7.78. The molecule has 5 heteroatoms. The molecule has 5 nitrogen and oxygen atoms in total. The van der Waals surface area contributed by atoms with E-state index in [0.717, 1.165) is 32.4 Å². The van der Waals surface area contributed by atoms with Crippen molar-refractivity contribution in [3.8, 4) is 0 Å². The molecule has 1 atom stereocenters. The molecule has 1 aliphatic heterocycles. The van der Waals surface area contributed by atoms with E-state index in [1.165, 1.54) is 0 Å². The molecule has 1 heterocycles. The fourth-order valence-corrected chi connectivity index (χ4v) is 2.49. The number of rotatable bonds is 6. The maximum Gasteiger partial charge on any atom is 0.410 e. The Hall–Kier alpha value is -0.810. The van der Waals surface area contributed by atoms with Crippen molar-refractivity contribution < 1.29 is 14.6 Å². The van der Waals surface area contributed by atoms with Gasteiger partial charge < -0.3 is 20.1 Å². The number of nitrogens with one attached hydrogen (secondary N) is 1. The Morgan fingerprint density at radius 1 is 1.33 bits per heavy atom. The lowest BCUT2D eigenvalue weighted by Crippen LogP contribution is -2.41. The zero-order valence-corrected chi connectivity index (χ0v) is 14.2. The normalized spacial score (nSPS) is 19.9. The van der Waals surface area contributed by atoms with Crippen molar-refractivity contribution in [1.82, 2.24) is 10.2 Å². The molecule has 1 amide bonds. The molecule has 1 saturated heterocycles. The fraction of sp³-hybridized carbons (Fsp3) is 0.938. The van der Waals surface area contributed by atoms with Gasteiger partial charge in [0.15, 0.2) is 0 Å². The average molecular weight is 300 g/mol. The molecular formula is C16H32N2O3. The van der Waals surface area contributed by atoms with E-state index in [1.807, 2.05) is 20.8 Å². The lowest BCUT2D eigenvalue weighted by Gasteiger charge is -2.27. The highest BCUT2D eigenvalue weighted by Crippen LogP contribution is 2.22. The minimum atomic E-state index is -0.436. The lowest BCUT2D eigenvalue weighted by molar-refractivity contribution is 0.0290. The standard InChI is InChI=1S/C16H32N2O3/c1-15(2,3)21-14(20)18-9-7-13(11-18)17-12-16(4,5)8-6-10-19/h13,17,19H,6-12H2,1-5H3. The van der Waals surface area contributed by atoms with Gasteiger partial charge in [-0.25, -0.2) is 4.79 Å². The number of nitrogens with zero attached hydrogens (tertiary/aromatic N) is 1. The highest BCUT2D eigenvalue weighted by Gasteiger charge is 2.30. The van der Waals surface area contributed by atoms with Gasteiger partial charge in [0.2, 0.25) is 0 Å². The summed E-state index contributed by atoms with van der Waals surface area (Å²) in [5.74, 6) is 0. The highest BCUT2D eigenvalue weighted by molar-refractivity contribution is 5.68. The minimum absolute atomic E-state index is 0.169. The number of hydrogen-bond acceptors (Lipinski definition) is 4. The number of ether oxygens (including phenoxy) is 1. The molecular weight excluding hydrogens is 268 g/mol. The Morgan fingerprint density at radius 3 is 2.57 bits per heavy atom. The van der Waals surface area contributed by atoms with E-state index in [9.17, 15) is 4.79 Å². The summed E-state index contributed by atoms with van der Waals surface area (Å²) in [4.78, 5) is 13.8. The van der Waals surface area contributed by atoms with Crippen molar-refractivity contribution >= 4 is 6.09 Å². The van der Waals surface area contributed by atoms with Crippen LogP contribution < -0.4 is 5.32 Å². The van der Waals surface area contributed by atoms with E-state index >= 15 is 0 Å². The van der Waals surface area contributed by atoms with E-state index in [-0.39, 0.29) is 18.1 Å². The first-order valence-corrected chi connectivity index (χ1v) is 7.95. The molecule has 0 aromatic heterocycles. The van der Waals surface area contributed by atoms with Crippen LogP contribution >= 0.6 is 0 Å². The number of likely N-dealkylation sites (tertiary alicyclic amines) is 1. The maximum atomic E-state index is 12.0. The van der Waals surface area contributed by atoms with Gasteiger partial charge in [0.25, 0.3) is 0 Å². The number of aliphatic hydroxyl groups excluding tert-OH is 1. The van der Waals surface area contributed by atoms with Crippen molar-refractivity contribution in [3.05, 3.63) is 0 Å². The van der Waals surface area contributed by atoms with Gasteiger partial charge in [-0.05, 0) is 45.4 Å². The summed E-state index contributed by atoms with van der Waals surface area (Å²) in [5, 5.41) is 12.5. The van der Waals surface area contributed by atoms with Gasteiger partial charge in [0, 0.05) is 32.3 Å². The summed E-state index contributed by atoms with van der Waals surface area (Å²) in [5.41, 5.74) is -0.267. The molecule has 1 unspecified atom stereocenters. The SMILES string of the molecule is CC(C)(CCCO)CNC1CCN(C(=O)OC(C)(C)C)C1. The van der Waals surface area contributed by atoms with Crippen molar-refractivity contribution in [1.29, 1.82) is 0 Å². The topological polar surface area (TPSA) is 61.8 Å². The largest absolute Gasteiger partial charge is 0.444 e. The van der Waals surface area contributed by atoms with Crippen LogP contribution in [0.2, 0.25) is 0 Å². The predicted molar refractivity (Wildman–Crippen MR) is 84.3 cm³/mol. The summed E-state index contributed by atoms with van der Waals surface area (Å²) in [6, 6.07) is 0.339. The number of hydrogen-bond donors (Lipinski definition) is 2. The van der Waals surface area contributed by atoms with E-state index < -0.39 is 5.60 Å². The highest BCUT2D eigenvalue weighted by atomic mass is 16.6. The smallest absolute Gasteiger partial charge is 0.410 e. The molecule has 0 radical (unpaired) electrons. The molecule has 0 aromatic rings. The zero-order valence-electron chi connectivity index (χ0n) is 14.2. The molecule has 2 N–H and O–H groups in total. The van der Waals surface area contributed by atoms with Crippen molar-refractivity contribution in [2.45, 2.75) is 65.5 Å². The van der Waals surface area contributed by atoms with Crippen molar-refractivity contribution in [2.24, 2.45) is 5.41 Å². The first-order valence-electron chi connectivity index (χ1n) is 7.95.